The molecule has 11 nitrogen and oxygen atoms in total. The third-order valence-corrected chi connectivity index (χ3v) is 12.0. The lowest BCUT2D eigenvalue weighted by molar-refractivity contribution is 0.0706. The van der Waals surface area contributed by atoms with Crippen molar-refractivity contribution in [3.8, 4) is 0 Å². The molecule has 12 heteroatoms. The number of hydrogen-bond donors (Lipinski definition) is 3. The summed E-state index contributed by atoms with van der Waals surface area (Å²) in [6.45, 7) is 12.2. The molecule has 3 aromatic carbocycles. The summed E-state index contributed by atoms with van der Waals surface area (Å²) in [6, 6.07) is 22.7. The first-order valence-electron chi connectivity index (χ1n) is 17.9. The van der Waals surface area contributed by atoms with Crippen molar-refractivity contribution in [2.24, 2.45) is 0 Å². The summed E-state index contributed by atoms with van der Waals surface area (Å²) in [6.07, 6.45) is 12.5. The van der Waals surface area contributed by atoms with Crippen LogP contribution < -0.4 is 25.7 Å². The molecule has 1 aromatic heterocycles. The van der Waals surface area contributed by atoms with Gasteiger partial charge in [-0.15, -0.1) is 0 Å². The van der Waals surface area contributed by atoms with Gasteiger partial charge >= 0.3 is 0 Å². The molecule has 1 amide bonds. The second-order valence-corrected chi connectivity index (χ2v) is 15.3. The molecule has 4 aromatic rings. The van der Waals surface area contributed by atoms with Crippen LogP contribution in [0.15, 0.2) is 103 Å². The first kappa shape index (κ1) is 36.8. The number of nitrogens with zero attached hydrogens (tertiary/aromatic N) is 6. The van der Waals surface area contributed by atoms with E-state index in [2.05, 4.69) is 69.2 Å². The molecule has 3 N–H and O–H groups in total. The van der Waals surface area contributed by atoms with Gasteiger partial charge in [0.2, 0.25) is 5.95 Å². The summed E-state index contributed by atoms with van der Waals surface area (Å²) in [5.74, 6) is 0.301. The Hall–Kier alpha value is -4.97. The van der Waals surface area contributed by atoms with E-state index in [0.717, 1.165) is 60.9 Å². The molecular formula is C40H48N8O3S. The van der Waals surface area contributed by atoms with Crippen molar-refractivity contribution in [1.29, 1.82) is 0 Å². The molecular weight excluding hydrogens is 673 g/mol. The lowest BCUT2D eigenvalue weighted by Crippen LogP contribution is -2.51. The van der Waals surface area contributed by atoms with Crippen LogP contribution in [0.2, 0.25) is 0 Å². The van der Waals surface area contributed by atoms with Crippen molar-refractivity contribution < 1.29 is 14.2 Å². The lowest BCUT2D eigenvalue weighted by atomic mass is 10.1. The Labute approximate surface area is 307 Å². The monoisotopic (exact) mass is 720 g/mol. The van der Waals surface area contributed by atoms with E-state index < -0.39 is 15.6 Å². The van der Waals surface area contributed by atoms with E-state index in [4.69, 9.17) is 4.98 Å². The number of amides is 1. The second kappa shape index (κ2) is 17.0. The van der Waals surface area contributed by atoms with Crippen molar-refractivity contribution in [1.82, 2.24) is 25.2 Å². The molecule has 52 heavy (non-hydrogen) atoms. The van der Waals surface area contributed by atoms with E-state index in [-0.39, 0.29) is 11.6 Å². The largest absolute Gasteiger partial charge is 0.353 e. The van der Waals surface area contributed by atoms with E-state index in [1.165, 1.54) is 6.20 Å². The number of carbonyl (C=O) groups excluding carboxylic acids is 1. The van der Waals surface area contributed by atoms with Gasteiger partial charge in [-0.3, -0.25) is 10.0 Å². The molecule has 0 radical (unpaired) electrons. The minimum absolute atomic E-state index is 0.181. The molecule has 1 atom stereocenters. The number of aromatic nitrogens is 2. The van der Waals surface area contributed by atoms with Crippen LogP contribution in [-0.2, 0) is 9.71 Å². The maximum Gasteiger partial charge on any atom is 0.279 e. The first-order valence-corrected chi connectivity index (χ1v) is 19.4. The van der Waals surface area contributed by atoms with Crippen molar-refractivity contribution in [3.63, 3.8) is 0 Å². The zero-order valence-corrected chi connectivity index (χ0v) is 30.8. The van der Waals surface area contributed by atoms with Crippen LogP contribution in [0, 0.1) is 0 Å². The summed E-state index contributed by atoms with van der Waals surface area (Å²) < 4.78 is 16.2. The molecule has 0 spiro atoms. The number of hydrazine groups is 1. The van der Waals surface area contributed by atoms with Gasteiger partial charge in [-0.25, -0.2) is 24.4 Å². The van der Waals surface area contributed by atoms with Gasteiger partial charge in [-0.1, -0.05) is 73.7 Å². The van der Waals surface area contributed by atoms with Crippen LogP contribution in [-0.4, -0.2) is 86.5 Å². The van der Waals surface area contributed by atoms with Gasteiger partial charge in [0.05, 0.1) is 10.6 Å². The van der Waals surface area contributed by atoms with E-state index in [1.807, 2.05) is 76.8 Å². The summed E-state index contributed by atoms with van der Waals surface area (Å²) in [5.41, 5.74) is 7.99. The Morgan fingerprint density at radius 3 is 2.40 bits per heavy atom. The Kier molecular flexibility index (Phi) is 12.1. The maximum atomic E-state index is 14.3. The molecule has 0 aliphatic carbocycles. The number of hydrogen-bond acceptors (Lipinski definition) is 9. The Bertz CT molecular complexity index is 2050. The highest BCUT2D eigenvalue weighted by molar-refractivity contribution is 7.98. The molecule has 272 valence electrons. The average molecular weight is 721 g/mol. The van der Waals surface area contributed by atoms with E-state index in [1.54, 1.807) is 5.48 Å². The fraction of sp³-hybridized carbons (Fsp3) is 0.325. The molecule has 2 aliphatic heterocycles. The quantitative estimate of drug-likeness (QED) is 0.0734. The third-order valence-electron chi connectivity index (χ3n) is 9.60. The highest BCUT2D eigenvalue weighted by Crippen LogP contribution is 2.28. The van der Waals surface area contributed by atoms with Crippen LogP contribution in [0.3, 0.4) is 0 Å². The fourth-order valence-corrected chi connectivity index (χ4v) is 8.63. The van der Waals surface area contributed by atoms with Crippen molar-refractivity contribution in [3.05, 3.63) is 109 Å². The van der Waals surface area contributed by atoms with Gasteiger partial charge in [0.15, 0.2) is 0 Å². The SMILES string of the molecule is C=C=S(=O)(c1ccc2ccccc2c1)N1CCN(c2nc(N3CCC(NN(CCC)c4ccc(/C=C\C=C/C)cc4)CC3)ncc2C(=O)NO)CC1. The maximum absolute atomic E-state index is 14.3. The standard InChI is InChI=1S/C40H48N8O3S/c1-4-7-8-11-31-14-17-35(18-15-31)48(22-5-2)43-34-20-23-46(24-21-34)40-41-30-37(39(49)44-50)38(42-40)45-25-27-47(28-26-45)52(51,6-3)36-19-16-32-12-9-10-13-33(32)29-36/h4,7-19,29-30,34,43,50H,3,5,20-28H2,1-2H3,(H,44,49)/b7-4-,11-8-. The smallest absolute Gasteiger partial charge is 0.279 e. The summed E-state index contributed by atoms with van der Waals surface area (Å²) in [5, 5.41) is 16.7. The number of anilines is 3. The predicted octanol–water partition coefficient (Wildman–Crippen LogP) is 5.70. The highest BCUT2D eigenvalue weighted by atomic mass is 32.2. The van der Waals surface area contributed by atoms with Crippen molar-refractivity contribution >= 4 is 54.9 Å². The molecule has 3 heterocycles. The summed E-state index contributed by atoms with van der Waals surface area (Å²) >= 11 is 0. The molecule has 6 rings (SSSR count). The minimum atomic E-state index is -2.83. The van der Waals surface area contributed by atoms with Gasteiger partial charge in [0, 0.05) is 58.1 Å². The van der Waals surface area contributed by atoms with Crippen molar-refractivity contribution in [2.75, 3.05) is 60.6 Å². The topological polar surface area (TPSA) is 117 Å². The van der Waals surface area contributed by atoms with Gasteiger partial charge < -0.3 is 14.8 Å². The number of benzene rings is 3. The van der Waals surface area contributed by atoms with E-state index >= 15 is 0 Å². The van der Waals surface area contributed by atoms with Gasteiger partial charge in [-0.05, 0) is 78.4 Å². The van der Waals surface area contributed by atoms with Crippen LogP contribution >= 0.6 is 0 Å². The lowest BCUT2D eigenvalue weighted by Gasteiger charge is -2.38. The molecule has 2 saturated heterocycles. The highest BCUT2D eigenvalue weighted by Gasteiger charge is 2.30. The number of allylic oxidation sites excluding steroid dienone is 3. The average Bonchev–Trinajstić information content (AvgIpc) is 3.20. The fourth-order valence-electron chi connectivity index (χ4n) is 6.76. The summed E-state index contributed by atoms with van der Waals surface area (Å²) in [4.78, 5) is 27.0. The second-order valence-electron chi connectivity index (χ2n) is 13.0. The third kappa shape index (κ3) is 8.22. The van der Waals surface area contributed by atoms with Gasteiger partial charge in [0.25, 0.3) is 5.91 Å². The molecule has 0 saturated carbocycles. The van der Waals surface area contributed by atoms with Crippen LogP contribution in [0.1, 0.15) is 49.0 Å². The van der Waals surface area contributed by atoms with Crippen LogP contribution in [0.4, 0.5) is 17.5 Å². The summed E-state index contributed by atoms with van der Waals surface area (Å²) in [7, 11) is -2.83. The van der Waals surface area contributed by atoms with Crippen LogP contribution in [0.5, 0.6) is 0 Å². The van der Waals surface area contributed by atoms with Crippen molar-refractivity contribution in [2.45, 2.75) is 44.0 Å². The minimum Gasteiger partial charge on any atom is -0.353 e. The molecule has 2 aliphatic rings. The van der Waals surface area contributed by atoms with E-state index in [9.17, 15) is 14.2 Å². The Balaban J connectivity index is 1.12. The van der Waals surface area contributed by atoms with Crippen LogP contribution in [0.25, 0.3) is 16.8 Å². The van der Waals surface area contributed by atoms with Gasteiger partial charge in [0.1, 0.15) is 21.1 Å². The molecule has 1 unspecified atom stereocenters. The molecule has 2 fully saturated rings. The number of fused-ring (bicyclic) bond motifs is 1. The first-order chi connectivity index (χ1) is 25.4. The Morgan fingerprint density at radius 2 is 1.73 bits per heavy atom. The number of piperazine rings is 1. The normalized spacial score (nSPS) is 17.1. The predicted molar refractivity (Wildman–Crippen MR) is 212 cm³/mol. The Morgan fingerprint density at radius 1 is 1.00 bits per heavy atom. The number of rotatable bonds is 12. The molecule has 0 bridgehead atoms. The van der Waals surface area contributed by atoms with E-state index in [0.29, 0.717) is 42.8 Å². The number of nitrogens with one attached hydrogen (secondary N) is 2. The zero-order valence-electron chi connectivity index (χ0n) is 29.9. The number of hydroxylamine groups is 1. The number of piperidine rings is 1. The van der Waals surface area contributed by atoms with Gasteiger partial charge in [-0.2, -0.15) is 4.98 Å². The zero-order chi connectivity index (χ0) is 36.5. The number of carbonyl (C=O) groups is 1.